The zero-order valence-electron chi connectivity index (χ0n) is 11.0. The highest BCUT2D eigenvalue weighted by atomic mass is 35.5. The van der Waals surface area contributed by atoms with E-state index in [-0.39, 0.29) is 5.92 Å². The monoisotopic (exact) mass is 272 g/mol. The Labute approximate surface area is 119 Å². The lowest BCUT2D eigenvalue weighted by atomic mass is 9.96. The minimum atomic E-state index is 0.126. The van der Waals surface area contributed by atoms with E-state index in [4.69, 9.17) is 11.6 Å². The maximum absolute atomic E-state index is 10.8. The van der Waals surface area contributed by atoms with Crippen LogP contribution in [0.15, 0.2) is 48.5 Å². The predicted octanol–water partition coefficient (Wildman–Crippen LogP) is 4.77. The van der Waals surface area contributed by atoms with Crippen LogP contribution in [0.1, 0.15) is 18.9 Å². The highest BCUT2D eigenvalue weighted by Gasteiger charge is 2.06. The molecule has 0 aliphatic rings. The molecule has 0 radical (unpaired) electrons. The van der Waals surface area contributed by atoms with Crippen molar-refractivity contribution in [3.8, 4) is 11.1 Å². The largest absolute Gasteiger partial charge is 0.303 e. The second-order valence-electron chi connectivity index (χ2n) is 4.71. The summed E-state index contributed by atoms with van der Waals surface area (Å²) in [5, 5.41) is 0.747. The van der Waals surface area contributed by atoms with Crippen molar-refractivity contribution in [1.82, 2.24) is 0 Å². The lowest BCUT2D eigenvalue weighted by molar-refractivity contribution is -0.111. The Morgan fingerprint density at radius 1 is 1.00 bits per heavy atom. The van der Waals surface area contributed by atoms with E-state index in [2.05, 4.69) is 24.3 Å². The predicted molar refractivity (Wildman–Crippen MR) is 80.4 cm³/mol. The van der Waals surface area contributed by atoms with Gasteiger partial charge in [-0.1, -0.05) is 54.9 Å². The molecule has 0 spiro atoms. The molecule has 0 aliphatic carbocycles. The van der Waals surface area contributed by atoms with E-state index in [0.29, 0.717) is 0 Å². The molecule has 2 aromatic rings. The molecule has 0 saturated heterocycles. The van der Waals surface area contributed by atoms with Gasteiger partial charge in [-0.25, -0.2) is 0 Å². The number of aldehydes is 1. The summed E-state index contributed by atoms with van der Waals surface area (Å²) in [7, 11) is 0. The van der Waals surface area contributed by atoms with Crippen molar-refractivity contribution in [2.75, 3.05) is 0 Å². The summed E-state index contributed by atoms with van der Waals surface area (Å²) in [6, 6.07) is 16.2. The summed E-state index contributed by atoms with van der Waals surface area (Å²) in [6.07, 6.45) is 2.76. The van der Waals surface area contributed by atoms with Crippen LogP contribution < -0.4 is 0 Å². The average Bonchev–Trinajstić information content (AvgIpc) is 2.46. The van der Waals surface area contributed by atoms with Crippen LogP contribution in [0.5, 0.6) is 0 Å². The number of hydrogen-bond acceptors (Lipinski definition) is 1. The molecular weight excluding hydrogens is 256 g/mol. The fourth-order valence-corrected chi connectivity index (χ4v) is 2.19. The van der Waals surface area contributed by atoms with Gasteiger partial charge in [0.2, 0.25) is 0 Å². The van der Waals surface area contributed by atoms with Gasteiger partial charge in [0.25, 0.3) is 0 Å². The molecule has 98 valence electrons. The molecule has 0 amide bonds. The summed E-state index contributed by atoms with van der Waals surface area (Å²) >= 11 is 5.88. The minimum Gasteiger partial charge on any atom is -0.303 e. The van der Waals surface area contributed by atoms with Crippen LogP contribution in [0.25, 0.3) is 11.1 Å². The zero-order chi connectivity index (χ0) is 13.7. The van der Waals surface area contributed by atoms with E-state index < -0.39 is 0 Å². The molecule has 2 rings (SSSR count). The van der Waals surface area contributed by atoms with Gasteiger partial charge in [0.05, 0.1) is 0 Å². The maximum Gasteiger partial charge on any atom is 0.123 e. The zero-order valence-corrected chi connectivity index (χ0v) is 11.7. The molecule has 19 heavy (non-hydrogen) atoms. The fourth-order valence-electron chi connectivity index (χ4n) is 2.07. The Morgan fingerprint density at radius 3 is 2.00 bits per heavy atom. The summed E-state index contributed by atoms with van der Waals surface area (Å²) in [5.41, 5.74) is 3.52. The van der Waals surface area contributed by atoms with Gasteiger partial charge in [0.1, 0.15) is 6.29 Å². The van der Waals surface area contributed by atoms with E-state index in [9.17, 15) is 4.79 Å². The molecule has 0 fully saturated rings. The third-order valence-corrected chi connectivity index (χ3v) is 3.60. The van der Waals surface area contributed by atoms with Crippen molar-refractivity contribution >= 4 is 17.9 Å². The highest BCUT2D eigenvalue weighted by Crippen LogP contribution is 2.22. The molecule has 2 aromatic carbocycles. The van der Waals surface area contributed by atoms with Gasteiger partial charge >= 0.3 is 0 Å². The molecule has 0 aliphatic heterocycles. The number of carbonyl (C=O) groups is 1. The molecule has 0 heterocycles. The summed E-state index contributed by atoms with van der Waals surface area (Å²) in [5.74, 6) is 0.126. The first-order valence-electron chi connectivity index (χ1n) is 6.53. The molecule has 0 N–H and O–H groups in total. The van der Waals surface area contributed by atoms with Gasteiger partial charge in [0.15, 0.2) is 0 Å². The van der Waals surface area contributed by atoms with E-state index in [1.807, 2.05) is 31.2 Å². The molecule has 1 atom stereocenters. The molecule has 1 nitrogen and oxygen atoms in total. The third-order valence-electron chi connectivity index (χ3n) is 3.35. The van der Waals surface area contributed by atoms with E-state index in [1.165, 1.54) is 11.1 Å². The second kappa shape index (κ2) is 6.53. The van der Waals surface area contributed by atoms with Crippen molar-refractivity contribution in [3.63, 3.8) is 0 Å². The molecular formula is C17H17ClO. The van der Waals surface area contributed by atoms with E-state index in [1.54, 1.807) is 0 Å². The van der Waals surface area contributed by atoms with Gasteiger partial charge in [-0.3, -0.25) is 0 Å². The van der Waals surface area contributed by atoms with E-state index >= 15 is 0 Å². The Bertz CT molecular complexity index is 528. The molecule has 0 aromatic heterocycles. The van der Waals surface area contributed by atoms with E-state index in [0.717, 1.165) is 29.7 Å². The number of carbonyl (C=O) groups excluding carboxylic acids is 1. The Balaban J connectivity index is 2.14. The first kappa shape index (κ1) is 13.8. The van der Waals surface area contributed by atoms with Crippen LogP contribution in [0, 0.1) is 5.92 Å². The lowest BCUT2D eigenvalue weighted by Gasteiger charge is -2.08. The average molecular weight is 273 g/mol. The van der Waals surface area contributed by atoms with Crippen LogP contribution in [0.4, 0.5) is 0 Å². The molecule has 0 saturated carbocycles. The van der Waals surface area contributed by atoms with Gasteiger partial charge < -0.3 is 4.79 Å². The number of rotatable bonds is 5. The quantitative estimate of drug-likeness (QED) is 0.716. The SMILES string of the molecule is CCC(C=O)Cc1ccc(-c2ccc(Cl)cc2)cc1. The number of halogens is 1. The first-order chi connectivity index (χ1) is 9.22. The summed E-state index contributed by atoms with van der Waals surface area (Å²) in [4.78, 5) is 10.8. The van der Waals surface area contributed by atoms with Gasteiger partial charge in [-0.05, 0) is 41.7 Å². The highest BCUT2D eigenvalue weighted by molar-refractivity contribution is 6.30. The lowest BCUT2D eigenvalue weighted by Crippen LogP contribution is -2.04. The van der Waals surface area contributed by atoms with Crippen LogP contribution in [0.3, 0.4) is 0 Å². The standard InChI is InChI=1S/C17H17ClO/c1-2-13(12-19)11-14-3-5-15(6-4-14)16-7-9-17(18)10-8-16/h3-10,12-13H,2,11H2,1H3. The van der Waals surface area contributed by atoms with Gasteiger partial charge in [-0.2, -0.15) is 0 Å². The van der Waals surface area contributed by atoms with Crippen molar-refractivity contribution in [2.45, 2.75) is 19.8 Å². The molecule has 0 bridgehead atoms. The first-order valence-corrected chi connectivity index (χ1v) is 6.91. The van der Waals surface area contributed by atoms with Crippen molar-refractivity contribution in [1.29, 1.82) is 0 Å². The molecule has 1 unspecified atom stereocenters. The van der Waals surface area contributed by atoms with Crippen molar-refractivity contribution in [2.24, 2.45) is 5.92 Å². The maximum atomic E-state index is 10.8. The topological polar surface area (TPSA) is 17.1 Å². The Hall–Kier alpha value is -1.60. The van der Waals surface area contributed by atoms with Crippen molar-refractivity contribution in [3.05, 3.63) is 59.1 Å². The third kappa shape index (κ3) is 3.68. The number of hydrogen-bond donors (Lipinski definition) is 0. The normalized spacial score (nSPS) is 12.1. The van der Waals surface area contributed by atoms with Crippen LogP contribution in [-0.4, -0.2) is 6.29 Å². The fraction of sp³-hybridized carbons (Fsp3) is 0.235. The van der Waals surface area contributed by atoms with Crippen LogP contribution >= 0.6 is 11.6 Å². The van der Waals surface area contributed by atoms with Crippen LogP contribution in [-0.2, 0) is 11.2 Å². The summed E-state index contributed by atoms with van der Waals surface area (Å²) in [6.45, 7) is 2.04. The Morgan fingerprint density at radius 2 is 1.53 bits per heavy atom. The van der Waals surface area contributed by atoms with Crippen LogP contribution in [0.2, 0.25) is 5.02 Å². The van der Waals surface area contributed by atoms with Gasteiger partial charge in [0, 0.05) is 10.9 Å². The smallest absolute Gasteiger partial charge is 0.123 e. The minimum absolute atomic E-state index is 0.126. The Kier molecular flexibility index (Phi) is 4.75. The number of benzene rings is 2. The summed E-state index contributed by atoms with van der Waals surface area (Å²) < 4.78 is 0. The van der Waals surface area contributed by atoms with Gasteiger partial charge in [-0.15, -0.1) is 0 Å². The second-order valence-corrected chi connectivity index (χ2v) is 5.15. The molecule has 2 heteroatoms. The van der Waals surface area contributed by atoms with Crippen molar-refractivity contribution < 1.29 is 4.79 Å².